The van der Waals surface area contributed by atoms with E-state index in [1.807, 2.05) is 18.2 Å². The van der Waals surface area contributed by atoms with E-state index in [9.17, 15) is 9.59 Å². The molecule has 1 aromatic carbocycles. The smallest absolute Gasteiger partial charge is 0.273 e. The van der Waals surface area contributed by atoms with Crippen molar-refractivity contribution in [2.24, 2.45) is 11.7 Å². The number of carbonyl (C=O) groups is 2. The molecule has 2 aliphatic carbocycles. The molecule has 1 saturated heterocycles. The summed E-state index contributed by atoms with van der Waals surface area (Å²) < 4.78 is 5.35. The van der Waals surface area contributed by atoms with Crippen LogP contribution in [-0.4, -0.2) is 46.5 Å². The van der Waals surface area contributed by atoms with Gasteiger partial charge in [-0.05, 0) is 63.4 Å². The Labute approximate surface area is 195 Å². The molecular formula is C26H34N4O3. The maximum atomic E-state index is 13.5. The van der Waals surface area contributed by atoms with Gasteiger partial charge in [-0.1, -0.05) is 35.5 Å². The average molecular weight is 451 g/mol. The Kier molecular flexibility index (Phi) is 6.49. The molecule has 7 nitrogen and oxygen atoms in total. The lowest BCUT2D eigenvalue weighted by Gasteiger charge is -2.42. The number of rotatable bonds is 6. The van der Waals surface area contributed by atoms with Crippen molar-refractivity contribution < 1.29 is 14.1 Å². The molecule has 0 spiro atoms. The van der Waals surface area contributed by atoms with Gasteiger partial charge in [-0.25, -0.2) is 0 Å². The van der Waals surface area contributed by atoms with E-state index < -0.39 is 0 Å². The summed E-state index contributed by atoms with van der Waals surface area (Å²) >= 11 is 0. The minimum absolute atomic E-state index is 0.0103. The Hall–Kier alpha value is -2.67. The molecule has 2 atom stereocenters. The number of benzene rings is 1. The average Bonchev–Trinajstić information content (AvgIpc) is 3.56. The van der Waals surface area contributed by atoms with Crippen LogP contribution in [0.1, 0.15) is 79.1 Å². The molecule has 1 aromatic heterocycles. The number of piperidine rings is 1. The van der Waals surface area contributed by atoms with Crippen LogP contribution in [0.4, 0.5) is 0 Å². The predicted molar refractivity (Wildman–Crippen MR) is 125 cm³/mol. The first-order chi connectivity index (χ1) is 16.1. The van der Waals surface area contributed by atoms with Crippen molar-refractivity contribution in [1.82, 2.24) is 15.4 Å². The molecule has 3 N–H and O–H groups in total. The van der Waals surface area contributed by atoms with E-state index in [4.69, 9.17) is 10.3 Å². The van der Waals surface area contributed by atoms with Crippen molar-refractivity contribution in [3.8, 4) is 0 Å². The fraction of sp³-hybridized carbons (Fsp3) is 0.577. The van der Waals surface area contributed by atoms with Crippen LogP contribution < -0.4 is 11.1 Å². The molecule has 1 aliphatic heterocycles. The van der Waals surface area contributed by atoms with E-state index >= 15 is 0 Å². The van der Waals surface area contributed by atoms with Crippen LogP contribution in [0.2, 0.25) is 0 Å². The summed E-state index contributed by atoms with van der Waals surface area (Å²) in [7, 11) is 0. The van der Waals surface area contributed by atoms with E-state index in [0.29, 0.717) is 18.2 Å². The Morgan fingerprint density at radius 2 is 1.82 bits per heavy atom. The van der Waals surface area contributed by atoms with Gasteiger partial charge in [-0.3, -0.25) is 9.59 Å². The summed E-state index contributed by atoms with van der Waals surface area (Å²) in [4.78, 5) is 28.3. The van der Waals surface area contributed by atoms with Gasteiger partial charge in [0.05, 0.1) is 0 Å². The zero-order valence-corrected chi connectivity index (χ0v) is 19.1. The molecule has 33 heavy (non-hydrogen) atoms. The van der Waals surface area contributed by atoms with Crippen LogP contribution in [0.15, 0.2) is 40.9 Å². The van der Waals surface area contributed by atoms with Crippen LogP contribution in [0.3, 0.4) is 0 Å². The largest absolute Gasteiger partial charge is 0.360 e. The number of hydrogen-bond donors (Lipinski definition) is 2. The van der Waals surface area contributed by atoms with Crippen molar-refractivity contribution in [3.05, 3.63) is 53.4 Å². The molecule has 0 radical (unpaired) electrons. The fourth-order valence-electron chi connectivity index (χ4n) is 5.37. The Morgan fingerprint density at radius 3 is 2.55 bits per heavy atom. The number of likely N-dealkylation sites (tertiary alicyclic amines) is 1. The number of hydrogen-bond acceptors (Lipinski definition) is 5. The van der Waals surface area contributed by atoms with Gasteiger partial charge in [0.25, 0.3) is 5.91 Å². The van der Waals surface area contributed by atoms with Gasteiger partial charge >= 0.3 is 0 Å². The fourth-order valence-corrected chi connectivity index (χ4v) is 5.37. The third-order valence-electron chi connectivity index (χ3n) is 7.51. The van der Waals surface area contributed by atoms with Gasteiger partial charge in [0.2, 0.25) is 5.91 Å². The predicted octanol–water partition coefficient (Wildman–Crippen LogP) is 3.40. The molecule has 0 bridgehead atoms. The lowest BCUT2D eigenvalue weighted by molar-refractivity contribution is -0.140. The van der Waals surface area contributed by atoms with Gasteiger partial charge < -0.3 is 20.5 Å². The number of amides is 2. The Morgan fingerprint density at radius 1 is 1.06 bits per heavy atom. The van der Waals surface area contributed by atoms with E-state index in [2.05, 4.69) is 27.5 Å². The van der Waals surface area contributed by atoms with Gasteiger partial charge in [-0.2, -0.15) is 0 Å². The van der Waals surface area contributed by atoms with Gasteiger partial charge in [0.15, 0.2) is 5.69 Å². The topological polar surface area (TPSA) is 101 Å². The second-order valence-electron chi connectivity index (χ2n) is 10.1. The standard InChI is InChI=1S/C26H34N4O3/c27-20-10-8-19(9-11-20)26(32)30-13-12-21(15-22(30)14-17-4-2-1-3-5-17)28-25(31)23-16-24(33-29-23)18-6-7-18/h1-5,16,18-22H,6-15,27H2,(H,28,31)/t19-,20-,21-,22-/m0/s1. The highest BCUT2D eigenvalue weighted by Gasteiger charge is 2.37. The maximum absolute atomic E-state index is 13.5. The minimum atomic E-state index is -0.185. The van der Waals surface area contributed by atoms with Crippen LogP contribution in [0.25, 0.3) is 0 Å². The summed E-state index contributed by atoms with van der Waals surface area (Å²) in [5, 5.41) is 7.13. The summed E-state index contributed by atoms with van der Waals surface area (Å²) in [6, 6.07) is 12.4. The highest BCUT2D eigenvalue weighted by molar-refractivity contribution is 5.92. The number of carbonyl (C=O) groups excluding carboxylic acids is 2. The molecule has 3 aliphatic rings. The third kappa shape index (κ3) is 5.29. The van der Waals surface area contributed by atoms with E-state index in [0.717, 1.165) is 63.5 Å². The van der Waals surface area contributed by atoms with Gasteiger partial charge in [0.1, 0.15) is 5.76 Å². The zero-order valence-electron chi connectivity index (χ0n) is 19.1. The number of aromatic nitrogens is 1. The molecule has 3 fully saturated rings. The third-order valence-corrected chi connectivity index (χ3v) is 7.51. The maximum Gasteiger partial charge on any atom is 0.273 e. The van der Waals surface area contributed by atoms with Crippen LogP contribution >= 0.6 is 0 Å². The SMILES string of the molecule is N[C@H]1CC[C@H](C(=O)N2CC[C@H](NC(=O)c3cc(C4CC4)on3)C[C@@H]2Cc2ccccc2)CC1. The van der Waals surface area contributed by atoms with Crippen molar-refractivity contribution in [1.29, 1.82) is 0 Å². The number of nitrogens with one attached hydrogen (secondary N) is 1. The van der Waals surface area contributed by atoms with E-state index in [1.165, 1.54) is 5.56 Å². The minimum Gasteiger partial charge on any atom is -0.360 e. The molecule has 7 heteroatoms. The lowest BCUT2D eigenvalue weighted by Crippen LogP contribution is -2.54. The van der Waals surface area contributed by atoms with Gasteiger partial charge in [0, 0.05) is 42.6 Å². The van der Waals surface area contributed by atoms with Crippen LogP contribution in [-0.2, 0) is 11.2 Å². The van der Waals surface area contributed by atoms with Crippen LogP contribution in [0, 0.1) is 5.92 Å². The van der Waals surface area contributed by atoms with Gasteiger partial charge in [-0.15, -0.1) is 0 Å². The normalized spacial score (nSPS) is 27.8. The Balaban J connectivity index is 1.26. The van der Waals surface area contributed by atoms with Crippen LogP contribution in [0.5, 0.6) is 0 Å². The molecule has 2 amide bonds. The summed E-state index contributed by atoms with van der Waals surface area (Å²) in [6.45, 7) is 0.663. The van der Waals surface area contributed by atoms with Crippen molar-refractivity contribution in [2.75, 3.05) is 6.54 Å². The summed E-state index contributed by atoms with van der Waals surface area (Å²) in [6.07, 6.45) is 8.11. The number of nitrogens with zero attached hydrogens (tertiary/aromatic N) is 2. The molecular weight excluding hydrogens is 416 g/mol. The Bertz CT molecular complexity index is 963. The second kappa shape index (κ2) is 9.67. The summed E-state index contributed by atoms with van der Waals surface area (Å²) in [5.74, 6) is 1.39. The van der Waals surface area contributed by atoms with Crippen molar-refractivity contribution in [2.45, 2.75) is 81.8 Å². The highest BCUT2D eigenvalue weighted by Crippen LogP contribution is 2.40. The molecule has 176 valence electrons. The summed E-state index contributed by atoms with van der Waals surface area (Å²) in [5.41, 5.74) is 7.63. The number of nitrogens with two attached hydrogens (primary N) is 1. The molecule has 5 rings (SSSR count). The monoisotopic (exact) mass is 450 g/mol. The van der Waals surface area contributed by atoms with E-state index in [-0.39, 0.29) is 35.9 Å². The first-order valence-corrected chi connectivity index (χ1v) is 12.4. The highest BCUT2D eigenvalue weighted by atomic mass is 16.5. The first kappa shape index (κ1) is 22.1. The first-order valence-electron chi connectivity index (χ1n) is 12.4. The quantitative estimate of drug-likeness (QED) is 0.702. The van der Waals surface area contributed by atoms with Crippen molar-refractivity contribution in [3.63, 3.8) is 0 Å². The lowest BCUT2D eigenvalue weighted by atomic mass is 9.84. The van der Waals surface area contributed by atoms with E-state index in [1.54, 1.807) is 6.07 Å². The molecule has 0 unspecified atom stereocenters. The van der Waals surface area contributed by atoms with Crippen molar-refractivity contribution >= 4 is 11.8 Å². The molecule has 2 heterocycles. The zero-order chi connectivity index (χ0) is 22.8. The molecule has 2 aromatic rings. The second-order valence-corrected chi connectivity index (χ2v) is 10.1. The molecule has 2 saturated carbocycles.